The highest BCUT2D eigenvalue weighted by molar-refractivity contribution is 5.84. The fourth-order valence-corrected chi connectivity index (χ4v) is 4.31. The number of aromatic nitrogens is 2. The Morgan fingerprint density at radius 2 is 1.94 bits per heavy atom. The van der Waals surface area contributed by atoms with Gasteiger partial charge in [0.15, 0.2) is 11.5 Å². The predicted molar refractivity (Wildman–Crippen MR) is 120 cm³/mol. The largest absolute Gasteiger partial charge is 0.493 e. The van der Waals surface area contributed by atoms with Crippen LogP contribution in [0.15, 0.2) is 59.4 Å². The number of methoxy groups -OCH3 is 2. The van der Waals surface area contributed by atoms with Crippen molar-refractivity contribution in [2.45, 2.75) is 32.0 Å². The third-order valence-electron chi connectivity index (χ3n) is 6.05. The molecule has 170 valence electrons. The van der Waals surface area contributed by atoms with Gasteiger partial charge in [0.25, 0.3) is 5.91 Å². The highest BCUT2D eigenvalue weighted by Crippen LogP contribution is 2.33. The minimum atomic E-state index is -0.284. The maximum Gasteiger partial charge on any atom is 0.251 e. The topological polar surface area (TPSA) is 93.0 Å². The summed E-state index contributed by atoms with van der Waals surface area (Å²) in [6.07, 6.45) is 4.31. The molecular weight excluding hydrogens is 422 g/mol. The van der Waals surface area contributed by atoms with E-state index in [-0.39, 0.29) is 24.5 Å². The number of fused-ring (bicyclic) bond motifs is 1. The van der Waals surface area contributed by atoms with Gasteiger partial charge in [-0.1, -0.05) is 29.4 Å². The summed E-state index contributed by atoms with van der Waals surface area (Å²) in [5.74, 6) is 1.96. The number of rotatable bonds is 6. The number of benzene rings is 2. The number of carbonyl (C=O) groups is 1. The molecule has 9 heteroatoms. The molecule has 33 heavy (non-hydrogen) atoms. The second kappa shape index (κ2) is 8.59. The lowest BCUT2D eigenvalue weighted by atomic mass is 9.97. The van der Waals surface area contributed by atoms with Crippen molar-refractivity contribution in [2.75, 3.05) is 14.2 Å². The van der Waals surface area contributed by atoms with Crippen LogP contribution in [0, 0.1) is 6.92 Å². The maximum atomic E-state index is 13.2. The predicted octanol–water partition coefficient (Wildman–Crippen LogP) is 3.20. The summed E-state index contributed by atoms with van der Waals surface area (Å²) in [5, 5.41) is 5.96. The summed E-state index contributed by atoms with van der Waals surface area (Å²) in [4.78, 5) is 19.3. The molecule has 2 aromatic carbocycles. The number of nitrogens with zero attached hydrogens (tertiary/aromatic N) is 4. The number of amides is 1. The zero-order chi connectivity index (χ0) is 22.9. The summed E-state index contributed by atoms with van der Waals surface area (Å²) in [5.41, 5.74) is 6.58. The number of hydrogen-bond acceptors (Lipinski definition) is 8. The summed E-state index contributed by atoms with van der Waals surface area (Å²) in [6, 6.07) is 13.4. The molecule has 0 saturated carbocycles. The van der Waals surface area contributed by atoms with E-state index < -0.39 is 0 Å². The fraction of sp³-hybridized carbons (Fsp3) is 0.292. The van der Waals surface area contributed by atoms with E-state index in [1.807, 2.05) is 29.4 Å². The molecule has 1 amide bonds. The van der Waals surface area contributed by atoms with Gasteiger partial charge in [0.1, 0.15) is 12.6 Å². The minimum Gasteiger partial charge on any atom is -0.493 e. The third-order valence-corrected chi connectivity index (χ3v) is 6.05. The Morgan fingerprint density at radius 3 is 2.73 bits per heavy atom. The van der Waals surface area contributed by atoms with Gasteiger partial charge < -0.3 is 23.9 Å². The van der Waals surface area contributed by atoms with Crippen LogP contribution in [-0.4, -0.2) is 46.2 Å². The molecule has 3 heterocycles. The maximum absolute atomic E-state index is 13.2. The van der Waals surface area contributed by atoms with Crippen LogP contribution >= 0.6 is 0 Å². The molecule has 0 aliphatic carbocycles. The molecule has 1 N–H and O–H groups in total. The lowest BCUT2D eigenvalue weighted by molar-refractivity contribution is -0.135. The first-order valence-electron chi connectivity index (χ1n) is 10.7. The SMILES string of the molecule is COc1ccc(-c2noc(CN3C=CN4NC(c5ccccc5C)CC4C3=O)n2)cc1OC. The van der Waals surface area contributed by atoms with Crippen molar-refractivity contribution in [1.82, 2.24) is 25.5 Å². The first-order chi connectivity index (χ1) is 16.1. The van der Waals surface area contributed by atoms with Gasteiger partial charge in [0.2, 0.25) is 11.7 Å². The van der Waals surface area contributed by atoms with Gasteiger partial charge in [0.05, 0.1) is 20.3 Å². The third kappa shape index (κ3) is 3.91. The van der Waals surface area contributed by atoms with Crippen LogP contribution in [0.3, 0.4) is 0 Å². The van der Waals surface area contributed by atoms with E-state index in [0.29, 0.717) is 29.6 Å². The van der Waals surface area contributed by atoms with Crippen molar-refractivity contribution in [3.05, 3.63) is 71.9 Å². The van der Waals surface area contributed by atoms with Crippen LogP contribution in [0.2, 0.25) is 0 Å². The van der Waals surface area contributed by atoms with Crippen molar-refractivity contribution in [1.29, 1.82) is 0 Å². The molecule has 2 aliphatic heterocycles. The van der Waals surface area contributed by atoms with Crippen molar-refractivity contribution in [2.24, 2.45) is 0 Å². The molecule has 1 saturated heterocycles. The molecule has 5 rings (SSSR count). The lowest BCUT2D eigenvalue weighted by Crippen LogP contribution is -2.47. The minimum absolute atomic E-state index is 0.00745. The molecule has 1 aromatic heterocycles. The number of carbonyl (C=O) groups excluding carboxylic acids is 1. The highest BCUT2D eigenvalue weighted by Gasteiger charge is 2.40. The fourth-order valence-electron chi connectivity index (χ4n) is 4.31. The molecule has 2 atom stereocenters. The van der Waals surface area contributed by atoms with Crippen LogP contribution in [0.25, 0.3) is 11.4 Å². The molecule has 0 spiro atoms. The van der Waals surface area contributed by atoms with E-state index in [0.717, 1.165) is 5.56 Å². The molecule has 0 bridgehead atoms. The first kappa shape index (κ1) is 21.0. The van der Waals surface area contributed by atoms with Gasteiger partial charge in [-0.2, -0.15) is 4.98 Å². The molecule has 3 aromatic rings. The van der Waals surface area contributed by atoms with Gasteiger partial charge >= 0.3 is 0 Å². The summed E-state index contributed by atoms with van der Waals surface area (Å²) in [7, 11) is 3.15. The molecular formula is C24H25N5O4. The van der Waals surface area contributed by atoms with Crippen LogP contribution < -0.4 is 14.9 Å². The Bertz CT molecular complexity index is 1210. The number of nitrogens with one attached hydrogen (secondary N) is 1. The standard InChI is InChI=1S/C24H25N5O4/c1-15-6-4-5-7-17(15)18-13-19-24(30)28(10-11-29(19)26-18)14-22-25-23(27-33-22)16-8-9-20(31-2)21(12-16)32-3/h4-12,18-19,26H,13-14H2,1-3H3. The van der Waals surface area contributed by atoms with Gasteiger partial charge in [-0.15, -0.1) is 0 Å². The molecule has 9 nitrogen and oxygen atoms in total. The first-order valence-corrected chi connectivity index (χ1v) is 10.7. The monoisotopic (exact) mass is 447 g/mol. The Kier molecular flexibility index (Phi) is 5.47. The van der Waals surface area contributed by atoms with Crippen molar-refractivity contribution < 1.29 is 18.8 Å². The summed E-state index contributed by atoms with van der Waals surface area (Å²) in [6.45, 7) is 2.29. The average Bonchev–Trinajstić information content (AvgIpc) is 3.48. The van der Waals surface area contributed by atoms with Gasteiger partial charge in [0, 0.05) is 18.0 Å². The normalized spacial score (nSPS) is 19.7. The van der Waals surface area contributed by atoms with Crippen molar-refractivity contribution in [3.8, 4) is 22.9 Å². The zero-order valence-corrected chi connectivity index (χ0v) is 18.7. The highest BCUT2D eigenvalue weighted by atomic mass is 16.5. The number of aryl methyl sites for hydroxylation is 1. The quantitative estimate of drug-likeness (QED) is 0.616. The summed E-state index contributed by atoms with van der Waals surface area (Å²) < 4.78 is 16.0. The smallest absolute Gasteiger partial charge is 0.251 e. The molecule has 0 radical (unpaired) electrons. The number of hydrazine groups is 1. The second-order valence-corrected chi connectivity index (χ2v) is 8.04. The van der Waals surface area contributed by atoms with Gasteiger partial charge in [-0.3, -0.25) is 4.79 Å². The molecule has 1 fully saturated rings. The van der Waals surface area contributed by atoms with Crippen LogP contribution in [0.5, 0.6) is 11.5 Å². The Balaban J connectivity index is 1.29. The molecule has 2 unspecified atom stereocenters. The van der Waals surface area contributed by atoms with E-state index in [4.69, 9.17) is 14.0 Å². The van der Waals surface area contributed by atoms with Crippen molar-refractivity contribution >= 4 is 5.91 Å². The van der Waals surface area contributed by atoms with E-state index >= 15 is 0 Å². The van der Waals surface area contributed by atoms with Crippen LogP contribution in [-0.2, 0) is 11.3 Å². The van der Waals surface area contributed by atoms with Gasteiger partial charge in [-0.25, -0.2) is 5.43 Å². The van der Waals surface area contributed by atoms with E-state index in [9.17, 15) is 4.79 Å². The molecule has 2 aliphatic rings. The van der Waals surface area contributed by atoms with Crippen molar-refractivity contribution in [3.63, 3.8) is 0 Å². The number of ether oxygens (including phenoxy) is 2. The Labute approximate surface area is 191 Å². The van der Waals surface area contributed by atoms with Gasteiger partial charge in [-0.05, 0) is 42.7 Å². The summed E-state index contributed by atoms with van der Waals surface area (Å²) >= 11 is 0. The number of hydrogen-bond donors (Lipinski definition) is 1. The Morgan fingerprint density at radius 1 is 1.12 bits per heavy atom. The average molecular weight is 447 g/mol. The lowest BCUT2D eigenvalue weighted by Gasteiger charge is -2.30. The van der Waals surface area contributed by atoms with E-state index in [2.05, 4.69) is 34.6 Å². The van der Waals surface area contributed by atoms with E-state index in [1.165, 1.54) is 11.1 Å². The Hall–Kier alpha value is -3.85. The van der Waals surface area contributed by atoms with E-state index in [1.54, 1.807) is 37.5 Å². The van der Waals surface area contributed by atoms with Crippen LogP contribution in [0.4, 0.5) is 0 Å². The second-order valence-electron chi connectivity index (χ2n) is 8.04. The zero-order valence-electron chi connectivity index (χ0n) is 18.7. The van der Waals surface area contributed by atoms with Crippen LogP contribution in [0.1, 0.15) is 29.5 Å².